The van der Waals surface area contributed by atoms with E-state index in [0.717, 1.165) is 0 Å². The number of nitrogens with zero attached hydrogens (tertiary/aromatic N) is 1. The SMILES string of the molecule is COC(=O)C1(C)CCCN(S(=O)(=O)c2ccc3oc(=O)ccc3c2)C1. The lowest BCUT2D eigenvalue weighted by atomic mass is 9.83. The minimum atomic E-state index is -3.77. The standard InChI is InChI=1S/C17H19NO6S/c1-17(16(20)23-2)8-3-9-18(11-17)25(21,22)13-5-6-14-12(10-13)4-7-15(19)24-14/h4-7,10H,3,8-9,11H2,1-2H3. The van der Waals surface area contributed by atoms with Crippen molar-refractivity contribution in [3.05, 3.63) is 40.8 Å². The molecule has 0 saturated carbocycles. The maximum absolute atomic E-state index is 13.0. The van der Waals surface area contributed by atoms with E-state index in [-0.39, 0.29) is 11.4 Å². The number of benzene rings is 1. The molecule has 1 fully saturated rings. The van der Waals surface area contributed by atoms with Crippen LogP contribution in [0.1, 0.15) is 19.8 Å². The Kier molecular flexibility index (Phi) is 4.42. The zero-order valence-corrected chi connectivity index (χ0v) is 14.8. The fourth-order valence-corrected chi connectivity index (χ4v) is 4.81. The van der Waals surface area contributed by atoms with Crippen LogP contribution in [0.15, 0.2) is 44.4 Å². The molecular formula is C17H19NO6S. The fraction of sp³-hybridized carbons (Fsp3) is 0.412. The molecule has 0 radical (unpaired) electrons. The Morgan fingerprint density at radius 2 is 2.04 bits per heavy atom. The highest BCUT2D eigenvalue weighted by atomic mass is 32.2. The smallest absolute Gasteiger partial charge is 0.336 e. The minimum absolute atomic E-state index is 0.0733. The van der Waals surface area contributed by atoms with Gasteiger partial charge in [-0.25, -0.2) is 13.2 Å². The molecule has 1 aromatic carbocycles. The Morgan fingerprint density at radius 1 is 1.28 bits per heavy atom. The van der Waals surface area contributed by atoms with Crippen LogP contribution in [0, 0.1) is 5.41 Å². The van der Waals surface area contributed by atoms with Crippen molar-refractivity contribution in [1.29, 1.82) is 0 Å². The maximum Gasteiger partial charge on any atom is 0.336 e. The Hall–Kier alpha value is -2.19. The summed E-state index contributed by atoms with van der Waals surface area (Å²) in [6.07, 6.45) is 1.15. The fourth-order valence-electron chi connectivity index (χ4n) is 3.17. The van der Waals surface area contributed by atoms with Gasteiger partial charge in [0.25, 0.3) is 0 Å². The predicted molar refractivity (Wildman–Crippen MR) is 90.6 cm³/mol. The van der Waals surface area contributed by atoms with Crippen LogP contribution in [-0.4, -0.2) is 38.9 Å². The van der Waals surface area contributed by atoms with Crippen LogP contribution >= 0.6 is 0 Å². The number of carbonyl (C=O) groups excluding carboxylic acids is 1. The second kappa shape index (κ2) is 6.27. The lowest BCUT2D eigenvalue weighted by Crippen LogP contribution is -2.48. The molecule has 1 atom stereocenters. The third kappa shape index (κ3) is 3.19. The van der Waals surface area contributed by atoms with Crippen LogP contribution in [-0.2, 0) is 19.6 Å². The first kappa shape index (κ1) is 17.6. The summed E-state index contributed by atoms with van der Waals surface area (Å²) in [5, 5.41) is 0.522. The van der Waals surface area contributed by atoms with Crippen molar-refractivity contribution in [3.8, 4) is 0 Å². The average molecular weight is 365 g/mol. The molecule has 1 aliphatic heterocycles. The summed E-state index contributed by atoms with van der Waals surface area (Å²) in [6.45, 7) is 2.14. The average Bonchev–Trinajstić information content (AvgIpc) is 2.60. The molecular weight excluding hydrogens is 346 g/mol. The van der Waals surface area contributed by atoms with E-state index < -0.39 is 27.0 Å². The molecule has 8 heteroatoms. The van der Waals surface area contributed by atoms with Crippen molar-refractivity contribution >= 4 is 27.0 Å². The highest BCUT2D eigenvalue weighted by Gasteiger charge is 2.42. The first-order chi connectivity index (χ1) is 11.8. The molecule has 0 amide bonds. The van der Waals surface area contributed by atoms with Crippen LogP contribution in [0.3, 0.4) is 0 Å². The van der Waals surface area contributed by atoms with E-state index in [4.69, 9.17) is 9.15 Å². The molecule has 0 aliphatic carbocycles. The molecule has 0 spiro atoms. The van der Waals surface area contributed by atoms with Crippen LogP contribution in [0.25, 0.3) is 11.0 Å². The van der Waals surface area contributed by atoms with Gasteiger partial charge >= 0.3 is 11.6 Å². The summed E-state index contributed by atoms with van der Waals surface area (Å²) in [7, 11) is -2.47. The summed E-state index contributed by atoms with van der Waals surface area (Å²) in [5.41, 5.74) is -1.03. The lowest BCUT2D eigenvalue weighted by molar-refractivity contribution is -0.153. The topological polar surface area (TPSA) is 93.9 Å². The first-order valence-electron chi connectivity index (χ1n) is 7.89. The summed E-state index contributed by atoms with van der Waals surface area (Å²) in [5.74, 6) is -0.410. The number of methoxy groups -OCH3 is 1. The van der Waals surface area contributed by atoms with E-state index in [9.17, 15) is 18.0 Å². The second-order valence-corrected chi connectivity index (χ2v) is 8.39. The van der Waals surface area contributed by atoms with Gasteiger partial charge in [0, 0.05) is 24.5 Å². The van der Waals surface area contributed by atoms with Gasteiger partial charge in [0.05, 0.1) is 17.4 Å². The Morgan fingerprint density at radius 3 is 2.76 bits per heavy atom. The van der Waals surface area contributed by atoms with E-state index >= 15 is 0 Å². The summed E-state index contributed by atoms with van der Waals surface area (Å²) in [6, 6.07) is 7.11. The molecule has 2 heterocycles. The van der Waals surface area contributed by atoms with E-state index in [1.807, 2.05) is 0 Å². The molecule has 1 aliphatic rings. The summed E-state index contributed by atoms with van der Waals surface area (Å²) in [4.78, 5) is 23.4. The molecule has 134 valence electrons. The summed E-state index contributed by atoms with van der Waals surface area (Å²) >= 11 is 0. The first-order valence-corrected chi connectivity index (χ1v) is 9.33. The lowest BCUT2D eigenvalue weighted by Gasteiger charge is -2.37. The minimum Gasteiger partial charge on any atom is -0.469 e. The maximum atomic E-state index is 13.0. The van der Waals surface area contributed by atoms with E-state index in [1.165, 1.54) is 41.7 Å². The van der Waals surface area contributed by atoms with Gasteiger partial charge in [0.1, 0.15) is 5.58 Å². The number of fused-ring (bicyclic) bond motifs is 1. The van der Waals surface area contributed by atoms with Crippen LogP contribution < -0.4 is 5.63 Å². The highest BCUT2D eigenvalue weighted by Crippen LogP contribution is 2.34. The van der Waals surface area contributed by atoms with Gasteiger partial charge in [0.2, 0.25) is 10.0 Å². The molecule has 3 rings (SSSR count). The van der Waals surface area contributed by atoms with Crippen molar-refractivity contribution in [2.75, 3.05) is 20.2 Å². The Bertz CT molecular complexity index is 980. The van der Waals surface area contributed by atoms with Gasteiger partial charge in [-0.05, 0) is 44.0 Å². The zero-order valence-electron chi connectivity index (χ0n) is 14.0. The summed E-state index contributed by atoms with van der Waals surface area (Å²) < 4.78 is 37.1. The van der Waals surface area contributed by atoms with Crippen LogP contribution in [0.5, 0.6) is 0 Å². The molecule has 1 aromatic heterocycles. The van der Waals surface area contributed by atoms with Crippen LogP contribution in [0.4, 0.5) is 0 Å². The van der Waals surface area contributed by atoms with Gasteiger partial charge in [-0.2, -0.15) is 4.31 Å². The van der Waals surface area contributed by atoms with Crippen molar-refractivity contribution in [1.82, 2.24) is 4.31 Å². The molecule has 0 bridgehead atoms. The van der Waals surface area contributed by atoms with E-state index in [2.05, 4.69) is 0 Å². The molecule has 0 N–H and O–H groups in total. The molecule has 1 saturated heterocycles. The highest BCUT2D eigenvalue weighted by molar-refractivity contribution is 7.89. The molecule has 25 heavy (non-hydrogen) atoms. The number of hydrogen-bond donors (Lipinski definition) is 0. The second-order valence-electron chi connectivity index (χ2n) is 6.45. The van der Waals surface area contributed by atoms with E-state index in [1.54, 1.807) is 6.92 Å². The van der Waals surface area contributed by atoms with E-state index in [0.29, 0.717) is 30.4 Å². The van der Waals surface area contributed by atoms with Crippen molar-refractivity contribution in [2.45, 2.75) is 24.7 Å². The normalized spacial score (nSPS) is 22.0. The zero-order chi connectivity index (χ0) is 18.2. The van der Waals surface area contributed by atoms with Crippen molar-refractivity contribution in [3.63, 3.8) is 0 Å². The van der Waals surface area contributed by atoms with Crippen molar-refractivity contribution in [2.24, 2.45) is 5.41 Å². The number of carbonyl (C=O) groups is 1. The predicted octanol–water partition coefficient (Wildman–Crippen LogP) is 1.76. The van der Waals surface area contributed by atoms with Crippen LogP contribution in [0.2, 0.25) is 0 Å². The Labute approximate surface area is 145 Å². The van der Waals surface area contributed by atoms with Gasteiger partial charge < -0.3 is 9.15 Å². The molecule has 7 nitrogen and oxygen atoms in total. The quantitative estimate of drug-likeness (QED) is 0.608. The molecule has 1 unspecified atom stereocenters. The largest absolute Gasteiger partial charge is 0.469 e. The molecule has 2 aromatic rings. The number of hydrogen-bond acceptors (Lipinski definition) is 6. The number of ether oxygens (including phenoxy) is 1. The third-order valence-corrected chi connectivity index (χ3v) is 6.41. The monoisotopic (exact) mass is 365 g/mol. The number of rotatable bonds is 3. The Balaban J connectivity index is 1.97. The van der Waals surface area contributed by atoms with Gasteiger partial charge in [-0.1, -0.05) is 0 Å². The number of esters is 1. The van der Waals surface area contributed by atoms with Crippen molar-refractivity contribution < 1.29 is 22.4 Å². The van der Waals surface area contributed by atoms with Gasteiger partial charge in [0.15, 0.2) is 0 Å². The third-order valence-electron chi connectivity index (χ3n) is 4.57. The number of sulfonamides is 1. The number of piperidine rings is 1. The van der Waals surface area contributed by atoms with Gasteiger partial charge in [-0.3, -0.25) is 4.79 Å². The van der Waals surface area contributed by atoms with Gasteiger partial charge in [-0.15, -0.1) is 0 Å².